The first-order chi connectivity index (χ1) is 13.9. The lowest BCUT2D eigenvalue weighted by Gasteiger charge is -2.40. The number of hydrogen-bond donors (Lipinski definition) is 1. The average Bonchev–Trinajstić information content (AvgIpc) is 2.72. The van der Waals surface area contributed by atoms with E-state index in [9.17, 15) is 14.3 Å². The fraction of sp³-hybridized carbons (Fsp3) is 0.435. The number of amides is 1. The number of likely N-dealkylation sites (N-methyl/N-ethyl adjacent to an activating group) is 1. The van der Waals surface area contributed by atoms with Gasteiger partial charge in [-0.3, -0.25) is 4.79 Å². The third-order valence-corrected chi connectivity index (χ3v) is 5.47. The van der Waals surface area contributed by atoms with Gasteiger partial charge in [0.25, 0.3) is 5.91 Å². The maximum Gasteiger partial charge on any atom is 0.256 e. The standard InChI is InChI=1S/C23H29FN2O3/c1-25(14-11-18-7-4-3-5-8-18)17-23(28)12-6-13-26(22(23)27)16-19-15-20(29-2)9-10-21(19)24/h3-5,7-10,15,28H,6,11-14,16-17H2,1-2H3. The Morgan fingerprint density at radius 1 is 1.24 bits per heavy atom. The first-order valence-electron chi connectivity index (χ1n) is 9.98. The van der Waals surface area contributed by atoms with Crippen molar-refractivity contribution in [3.63, 3.8) is 0 Å². The molecule has 29 heavy (non-hydrogen) atoms. The van der Waals surface area contributed by atoms with Gasteiger partial charge in [0, 0.05) is 31.7 Å². The van der Waals surface area contributed by atoms with Crippen LogP contribution >= 0.6 is 0 Å². The van der Waals surface area contributed by atoms with Crippen LogP contribution in [0.3, 0.4) is 0 Å². The molecule has 1 heterocycles. The summed E-state index contributed by atoms with van der Waals surface area (Å²) in [6.07, 6.45) is 1.94. The number of hydrogen-bond acceptors (Lipinski definition) is 4. The first kappa shape index (κ1) is 21.3. The van der Waals surface area contributed by atoms with Crippen molar-refractivity contribution in [1.29, 1.82) is 0 Å². The summed E-state index contributed by atoms with van der Waals surface area (Å²) in [5.74, 6) is -0.174. The molecule has 6 heteroatoms. The van der Waals surface area contributed by atoms with Crippen LogP contribution in [0.5, 0.6) is 5.75 Å². The predicted molar refractivity (Wildman–Crippen MR) is 110 cm³/mol. The summed E-state index contributed by atoms with van der Waals surface area (Å²) < 4.78 is 19.3. The number of ether oxygens (including phenoxy) is 1. The summed E-state index contributed by atoms with van der Waals surface area (Å²) >= 11 is 0. The highest BCUT2D eigenvalue weighted by molar-refractivity contribution is 5.86. The molecule has 156 valence electrons. The Kier molecular flexibility index (Phi) is 6.87. The number of methoxy groups -OCH3 is 1. The van der Waals surface area contributed by atoms with E-state index in [1.54, 1.807) is 17.0 Å². The zero-order chi connectivity index (χ0) is 20.9. The van der Waals surface area contributed by atoms with E-state index < -0.39 is 5.60 Å². The van der Waals surface area contributed by atoms with Crippen molar-refractivity contribution in [1.82, 2.24) is 9.80 Å². The molecular formula is C23H29FN2O3. The topological polar surface area (TPSA) is 53.0 Å². The second-order valence-electron chi connectivity index (χ2n) is 7.79. The number of aliphatic hydroxyl groups is 1. The smallest absolute Gasteiger partial charge is 0.256 e. The Morgan fingerprint density at radius 2 is 2.00 bits per heavy atom. The normalized spacial score (nSPS) is 19.6. The molecule has 1 N–H and O–H groups in total. The molecule has 5 nitrogen and oxygen atoms in total. The zero-order valence-corrected chi connectivity index (χ0v) is 17.1. The maximum atomic E-state index is 14.2. The van der Waals surface area contributed by atoms with E-state index in [4.69, 9.17) is 4.74 Å². The SMILES string of the molecule is COc1ccc(F)c(CN2CCCC(O)(CN(C)CCc3ccccc3)C2=O)c1. The van der Waals surface area contributed by atoms with Gasteiger partial charge in [-0.2, -0.15) is 0 Å². The average molecular weight is 400 g/mol. The number of benzene rings is 2. The summed E-state index contributed by atoms with van der Waals surface area (Å²) in [5.41, 5.74) is 0.162. The summed E-state index contributed by atoms with van der Waals surface area (Å²) in [4.78, 5) is 16.6. The molecule has 1 aliphatic heterocycles. The summed E-state index contributed by atoms with van der Waals surface area (Å²) in [7, 11) is 3.43. The molecule has 3 rings (SSSR count). The van der Waals surface area contributed by atoms with Crippen LogP contribution in [-0.2, 0) is 17.8 Å². The molecule has 1 atom stereocenters. The molecule has 0 bridgehead atoms. The van der Waals surface area contributed by atoms with E-state index in [2.05, 4.69) is 12.1 Å². The molecule has 1 amide bonds. The fourth-order valence-corrected chi connectivity index (χ4v) is 3.86. The minimum atomic E-state index is -1.45. The minimum absolute atomic E-state index is 0.123. The number of carbonyl (C=O) groups excluding carboxylic acids is 1. The highest BCUT2D eigenvalue weighted by Crippen LogP contribution is 2.27. The van der Waals surface area contributed by atoms with E-state index >= 15 is 0 Å². The lowest BCUT2D eigenvalue weighted by Crippen LogP contribution is -2.58. The van der Waals surface area contributed by atoms with Crippen molar-refractivity contribution in [3.05, 3.63) is 65.5 Å². The van der Waals surface area contributed by atoms with Gasteiger partial charge in [-0.1, -0.05) is 30.3 Å². The summed E-state index contributed by atoms with van der Waals surface area (Å²) in [6, 6.07) is 14.6. The van der Waals surface area contributed by atoms with Gasteiger partial charge >= 0.3 is 0 Å². The van der Waals surface area contributed by atoms with Gasteiger partial charge in [0.2, 0.25) is 0 Å². The Morgan fingerprint density at radius 3 is 2.72 bits per heavy atom. The Labute approximate surface area is 171 Å². The Balaban J connectivity index is 1.63. The molecular weight excluding hydrogens is 371 g/mol. The molecule has 1 aliphatic rings. The molecule has 2 aromatic carbocycles. The van der Waals surface area contributed by atoms with E-state index in [0.29, 0.717) is 30.7 Å². The lowest BCUT2D eigenvalue weighted by molar-refractivity contribution is -0.159. The monoisotopic (exact) mass is 400 g/mol. The van der Waals surface area contributed by atoms with Gasteiger partial charge in [0.05, 0.1) is 7.11 Å². The van der Waals surface area contributed by atoms with Gasteiger partial charge < -0.3 is 19.6 Å². The third-order valence-electron chi connectivity index (χ3n) is 5.47. The second kappa shape index (κ2) is 9.37. The Hall–Kier alpha value is -2.44. The van der Waals surface area contributed by atoms with E-state index in [1.165, 1.54) is 18.7 Å². The van der Waals surface area contributed by atoms with Crippen LogP contribution in [0.1, 0.15) is 24.0 Å². The van der Waals surface area contributed by atoms with Gasteiger partial charge in [0.15, 0.2) is 5.60 Å². The maximum absolute atomic E-state index is 14.2. The van der Waals surface area contributed by atoms with Crippen LogP contribution in [0.2, 0.25) is 0 Å². The minimum Gasteiger partial charge on any atom is -0.497 e. The highest BCUT2D eigenvalue weighted by atomic mass is 19.1. The second-order valence-corrected chi connectivity index (χ2v) is 7.79. The molecule has 1 fully saturated rings. The molecule has 0 aromatic heterocycles. The van der Waals surface area contributed by atoms with Crippen molar-refractivity contribution < 1.29 is 19.0 Å². The molecule has 0 radical (unpaired) electrons. The molecule has 0 spiro atoms. The van der Waals surface area contributed by atoms with E-state index in [-0.39, 0.29) is 24.8 Å². The van der Waals surface area contributed by atoms with Crippen LogP contribution in [0.25, 0.3) is 0 Å². The number of piperidine rings is 1. The van der Waals surface area contributed by atoms with Crippen molar-refractivity contribution in [3.8, 4) is 5.75 Å². The number of likely N-dealkylation sites (tertiary alicyclic amines) is 1. The van der Waals surface area contributed by atoms with E-state index in [0.717, 1.165) is 13.0 Å². The van der Waals surface area contributed by atoms with E-state index in [1.807, 2.05) is 30.1 Å². The van der Waals surface area contributed by atoms with Crippen molar-refractivity contribution >= 4 is 5.91 Å². The highest BCUT2D eigenvalue weighted by Gasteiger charge is 2.42. The molecule has 1 unspecified atom stereocenters. The number of nitrogens with zero attached hydrogens (tertiary/aromatic N) is 2. The molecule has 1 saturated heterocycles. The van der Waals surface area contributed by atoms with Crippen molar-refractivity contribution in [2.24, 2.45) is 0 Å². The number of halogens is 1. The van der Waals surface area contributed by atoms with Crippen LogP contribution in [0.4, 0.5) is 4.39 Å². The first-order valence-corrected chi connectivity index (χ1v) is 9.98. The molecule has 2 aromatic rings. The third kappa shape index (κ3) is 5.34. The van der Waals surface area contributed by atoms with Crippen LogP contribution in [0.15, 0.2) is 48.5 Å². The van der Waals surface area contributed by atoms with Crippen LogP contribution < -0.4 is 4.74 Å². The van der Waals surface area contributed by atoms with Gasteiger partial charge in [-0.05, 0) is 50.1 Å². The number of carbonyl (C=O) groups is 1. The number of rotatable bonds is 8. The van der Waals surface area contributed by atoms with Gasteiger partial charge in [-0.25, -0.2) is 4.39 Å². The molecule has 0 saturated carbocycles. The summed E-state index contributed by atoms with van der Waals surface area (Å²) in [5, 5.41) is 11.1. The quantitative estimate of drug-likeness (QED) is 0.740. The lowest BCUT2D eigenvalue weighted by atomic mass is 9.90. The zero-order valence-electron chi connectivity index (χ0n) is 17.1. The van der Waals surface area contributed by atoms with Gasteiger partial charge in [0.1, 0.15) is 11.6 Å². The van der Waals surface area contributed by atoms with Gasteiger partial charge in [-0.15, -0.1) is 0 Å². The Bertz CT molecular complexity index is 830. The molecule has 0 aliphatic carbocycles. The summed E-state index contributed by atoms with van der Waals surface area (Å²) in [6.45, 7) is 1.63. The predicted octanol–water partition coefficient (Wildman–Crippen LogP) is 2.86. The van der Waals surface area contributed by atoms with Crippen LogP contribution in [0, 0.1) is 5.82 Å². The van der Waals surface area contributed by atoms with Crippen LogP contribution in [-0.4, -0.2) is 60.2 Å². The largest absolute Gasteiger partial charge is 0.497 e. The fourth-order valence-electron chi connectivity index (χ4n) is 3.86. The van der Waals surface area contributed by atoms with Crippen molar-refractivity contribution in [2.45, 2.75) is 31.4 Å². The van der Waals surface area contributed by atoms with Crippen molar-refractivity contribution in [2.75, 3.05) is 33.8 Å².